The van der Waals surface area contributed by atoms with Crippen molar-refractivity contribution in [3.8, 4) is 0 Å². The Balaban J connectivity index is 0.00000180. The molecule has 7 heteroatoms. The van der Waals surface area contributed by atoms with Gasteiger partial charge in [-0.1, -0.05) is 17.7 Å². The first-order chi connectivity index (χ1) is 8.66. The molecule has 0 amide bonds. The number of nitrogens with zero attached hydrogens (tertiary/aromatic N) is 2. The molecule has 0 radical (unpaired) electrons. The first kappa shape index (κ1) is 16.8. The minimum absolute atomic E-state index is 0. The maximum Gasteiger partial charge on any atom is 0.191 e. The molecule has 0 spiro atoms. The molecule has 2 N–H and O–H groups in total. The third-order valence-electron chi connectivity index (χ3n) is 2.74. The summed E-state index contributed by atoms with van der Waals surface area (Å²) in [5.74, 6) is 2.30. The summed E-state index contributed by atoms with van der Waals surface area (Å²) in [6, 6.07) is 4.60. The van der Waals surface area contributed by atoms with E-state index >= 15 is 0 Å². The predicted octanol–water partition coefficient (Wildman–Crippen LogP) is 2.96. The zero-order valence-electron chi connectivity index (χ0n) is 10.3. The molecule has 1 saturated heterocycles. The first-order valence-electron chi connectivity index (χ1n) is 5.73. The second kappa shape index (κ2) is 8.16. The van der Waals surface area contributed by atoms with Gasteiger partial charge in [0.05, 0.1) is 11.6 Å². The molecule has 19 heavy (non-hydrogen) atoms. The third-order valence-corrected chi connectivity index (χ3v) is 3.97. The van der Waals surface area contributed by atoms with E-state index in [0.717, 1.165) is 30.2 Å². The van der Waals surface area contributed by atoms with Crippen LogP contribution in [0.15, 0.2) is 23.2 Å². The van der Waals surface area contributed by atoms with Crippen molar-refractivity contribution < 1.29 is 4.39 Å². The largest absolute Gasteiger partial charge is 0.370 e. The highest BCUT2D eigenvalue weighted by molar-refractivity contribution is 14.0. The van der Waals surface area contributed by atoms with Crippen LogP contribution >= 0.6 is 47.3 Å². The van der Waals surface area contributed by atoms with Gasteiger partial charge in [-0.25, -0.2) is 9.38 Å². The van der Waals surface area contributed by atoms with Crippen molar-refractivity contribution in [3.05, 3.63) is 34.6 Å². The lowest BCUT2D eigenvalue weighted by Gasteiger charge is -2.27. The van der Waals surface area contributed by atoms with Crippen molar-refractivity contribution in [1.29, 1.82) is 0 Å². The van der Waals surface area contributed by atoms with E-state index < -0.39 is 5.82 Å². The van der Waals surface area contributed by atoms with Crippen LogP contribution in [0.3, 0.4) is 0 Å². The Kier molecular flexibility index (Phi) is 7.23. The van der Waals surface area contributed by atoms with E-state index in [1.54, 1.807) is 12.1 Å². The number of halogens is 3. The molecule has 1 fully saturated rings. The summed E-state index contributed by atoms with van der Waals surface area (Å²) < 4.78 is 13.0. The molecule has 1 aliphatic rings. The summed E-state index contributed by atoms with van der Waals surface area (Å²) in [6.07, 6.45) is 0. The zero-order chi connectivity index (χ0) is 13.0. The van der Waals surface area contributed by atoms with E-state index in [1.807, 2.05) is 11.8 Å². The van der Waals surface area contributed by atoms with Crippen LogP contribution in [0, 0.1) is 5.82 Å². The summed E-state index contributed by atoms with van der Waals surface area (Å²) in [5, 5.41) is 0.121. The molecule has 0 saturated carbocycles. The van der Waals surface area contributed by atoms with Crippen LogP contribution in [0.2, 0.25) is 5.02 Å². The standard InChI is InChI=1S/C12H15ClFN3S.HI/c13-10-7-9(1-2-11(10)14)8-16-12(15)17-3-5-18-6-4-17;/h1-2,7H,3-6,8H2,(H2,15,16);1H. The maximum atomic E-state index is 13.0. The molecule has 0 unspecified atom stereocenters. The Hall–Kier alpha value is -0.210. The molecule has 0 aromatic heterocycles. The van der Waals surface area contributed by atoms with Crippen LogP contribution in [0.4, 0.5) is 4.39 Å². The third kappa shape index (κ3) is 5.00. The minimum atomic E-state index is -0.412. The SMILES string of the molecule is I.NC(=NCc1ccc(F)c(Cl)c1)N1CCSCC1. The number of aliphatic imine (C=N–C) groups is 1. The Morgan fingerprint density at radius 1 is 1.42 bits per heavy atom. The summed E-state index contributed by atoms with van der Waals surface area (Å²) in [5.41, 5.74) is 6.78. The van der Waals surface area contributed by atoms with Gasteiger partial charge in [0.25, 0.3) is 0 Å². The lowest BCUT2D eigenvalue weighted by Crippen LogP contribution is -2.42. The van der Waals surface area contributed by atoms with Crippen LogP contribution in [-0.2, 0) is 6.54 Å². The van der Waals surface area contributed by atoms with Crippen molar-refractivity contribution in [1.82, 2.24) is 4.90 Å². The molecular formula is C12H16ClFIN3S. The second-order valence-electron chi connectivity index (χ2n) is 4.02. The average molecular weight is 416 g/mol. The topological polar surface area (TPSA) is 41.6 Å². The van der Waals surface area contributed by atoms with E-state index in [-0.39, 0.29) is 29.0 Å². The van der Waals surface area contributed by atoms with Crippen molar-refractivity contribution >= 4 is 53.3 Å². The van der Waals surface area contributed by atoms with Gasteiger partial charge in [-0.3, -0.25) is 0 Å². The van der Waals surface area contributed by atoms with Crippen LogP contribution in [0.5, 0.6) is 0 Å². The molecule has 3 nitrogen and oxygen atoms in total. The van der Waals surface area contributed by atoms with E-state index in [0.29, 0.717) is 12.5 Å². The van der Waals surface area contributed by atoms with Gasteiger partial charge in [0, 0.05) is 24.6 Å². The Morgan fingerprint density at radius 2 is 2.11 bits per heavy atom. The Labute approximate surface area is 138 Å². The fourth-order valence-electron chi connectivity index (χ4n) is 1.70. The van der Waals surface area contributed by atoms with E-state index in [1.165, 1.54) is 6.07 Å². The highest BCUT2D eigenvalue weighted by Crippen LogP contribution is 2.16. The van der Waals surface area contributed by atoms with Gasteiger partial charge >= 0.3 is 0 Å². The second-order valence-corrected chi connectivity index (χ2v) is 5.65. The van der Waals surface area contributed by atoms with Crippen LogP contribution in [0.25, 0.3) is 0 Å². The normalized spacial score (nSPS) is 16.1. The summed E-state index contributed by atoms with van der Waals surface area (Å²) in [4.78, 5) is 6.39. The molecule has 0 atom stereocenters. The number of nitrogens with two attached hydrogens (primary N) is 1. The smallest absolute Gasteiger partial charge is 0.191 e. The van der Waals surface area contributed by atoms with Gasteiger partial charge < -0.3 is 10.6 Å². The molecule has 0 bridgehead atoms. The lowest BCUT2D eigenvalue weighted by molar-refractivity contribution is 0.455. The fraction of sp³-hybridized carbons (Fsp3) is 0.417. The number of rotatable bonds is 2. The van der Waals surface area contributed by atoms with E-state index in [2.05, 4.69) is 9.89 Å². The van der Waals surface area contributed by atoms with Gasteiger partial charge in [-0.2, -0.15) is 11.8 Å². The molecule has 1 aromatic rings. The van der Waals surface area contributed by atoms with Crippen LogP contribution < -0.4 is 5.73 Å². The first-order valence-corrected chi connectivity index (χ1v) is 7.26. The predicted molar refractivity (Wildman–Crippen MR) is 91.0 cm³/mol. The zero-order valence-corrected chi connectivity index (χ0v) is 14.2. The quantitative estimate of drug-likeness (QED) is 0.459. The van der Waals surface area contributed by atoms with Crippen molar-refractivity contribution in [3.63, 3.8) is 0 Å². The van der Waals surface area contributed by atoms with Gasteiger partial charge in [-0.15, -0.1) is 24.0 Å². The minimum Gasteiger partial charge on any atom is -0.370 e. The number of thioether (sulfide) groups is 1. The van der Waals surface area contributed by atoms with Gasteiger partial charge in [0.1, 0.15) is 5.82 Å². The molecule has 1 aromatic carbocycles. The summed E-state index contributed by atoms with van der Waals surface area (Å²) in [7, 11) is 0. The molecule has 106 valence electrons. The maximum absolute atomic E-state index is 13.0. The number of guanidine groups is 1. The molecular weight excluding hydrogens is 400 g/mol. The fourth-order valence-corrected chi connectivity index (χ4v) is 2.81. The number of hydrogen-bond acceptors (Lipinski definition) is 2. The van der Waals surface area contributed by atoms with Crippen molar-refractivity contribution in [2.45, 2.75) is 6.54 Å². The molecule has 0 aliphatic carbocycles. The average Bonchev–Trinajstić information content (AvgIpc) is 2.41. The van der Waals surface area contributed by atoms with Crippen molar-refractivity contribution in [2.75, 3.05) is 24.6 Å². The molecule has 1 heterocycles. The van der Waals surface area contributed by atoms with Crippen molar-refractivity contribution in [2.24, 2.45) is 10.7 Å². The Bertz CT molecular complexity index is 453. The lowest BCUT2D eigenvalue weighted by atomic mass is 10.2. The summed E-state index contributed by atoms with van der Waals surface area (Å²) >= 11 is 7.63. The molecule has 1 aliphatic heterocycles. The Morgan fingerprint density at radius 3 is 2.74 bits per heavy atom. The molecule has 2 rings (SSSR count). The highest BCUT2D eigenvalue weighted by Gasteiger charge is 2.11. The van der Waals surface area contributed by atoms with Crippen LogP contribution in [-0.4, -0.2) is 35.5 Å². The van der Waals surface area contributed by atoms with Gasteiger partial charge in [0.15, 0.2) is 5.96 Å². The van der Waals surface area contributed by atoms with Gasteiger partial charge in [-0.05, 0) is 17.7 Å². The highest BCUT2D eigenvalue weighted by atomic mass is 127. The summed E-state index contributed by atoms with van der Waals surface area (Å²) in [6.45, 7) is 2.30. The number of benzene rings is 1. The van der Waals surface area contributed by atoms with Crippen LogP contribution in [0.1, 0.15) is 5.56 Å². The van der Waals surface area contributed by atoms with Gasteiger partial charge in [0.2, 0.25) is 0 Å². The van der Waals surface area contributed by atoms with E-state index in [4.69, 9.17) is 17.3 Å². The van der Waals surface area contributed by atoms with E-state index in [9.17, 15) is 4.39 Å². The monoisotopic (exact) mass is 415 g/mol. The number of hydrogen-bond donors (Lipinski definition) is 1.